The minimum atomic E-state index is 0.00482. The maximum Gasteiger partial charge on any atom is 0.226 e. The van der Waals surface area contributed by atoms with Crippen LogP contribution in [0.2, 0.25) is 0 Å². The third-order valence-corrected chi connectivity index (χ3v) is 1.45. The summed E-state index contributed by atoms with van der Waals surface area (Å²) in [5.41, 5.74) is 0.746. The fourth-order valence-corrected chi connectivity index (χ4v) is 0.723. The number of carbonyl (C=O) groups excluding carboxylic acids is 1. The van der Waals surface area contributed by atoms with Crippen LogP contribution in [0.4, 0.5) is 5.69 Å². The summed E-state index contributed by atoms with van der Waals surface area (Å²) in [7, 11) is 0. The standard InChI is InChI=1S/C9H12N2O/c1-7(2)9(12)11-8-4-3-5-10-6-8/h3-7H,1-2H3,(H,11,12). The van der Waals surface area contributed by atoms with Crippen molar-refractivity contribution in [3.63, 3.8) is 0 Å². The van der Waals surface area contributed by atoms with Crippen LogP contribution in [0.1, 0.15) is 13.8 Å². The molecule has 0 aliphatic carbocycles. The number of hydrogen-bond acceptors (Lipinski definition) is 2. The Balaban J connectivity index is 2.59. The molecular formula is C9H12N2O. The molecule has 0 aliphatic heterocycles. The zero-order valence-corrected chi connectivity index (χ0v) is 7.24. The highest BCUT2D eigenvalue weighted by Gasteiger charge is 2.05. The van der Waals surface area contributed by atoms with Crippen molar-refractivity contribution in [2.24, 2.45) is 5.92 Å². The van der Waals surface area contributed by atoms with Gasteiger partial charge in [0.15, 0.2) is 0 Å². The Hall–Kier alpha value is -1.38. The van der Waals surface area contributed by atoms with E-state index in [1.165, 1.54) is 0 Å². The fourth-order valence-electron chi connectivity index (χ4n) is 0.723. The number of aromatic nitrogens is 1. The SMILES string of the molecule is CC(C)C(=O)Nc1cccnc1. The van der Waals surface area contributed by atoms with E-state index in [-0.39, 0.29) is 11.8 Å². The molecule has 3 nitrogen and oxygen atoms in total. The summed E-state index contributed by atoms with van der Waals surface area (Å²) in [5.74, 6) is 0.0215. The summed E-state index contributed by atoms with van der Waals surface area (Å²) in [6, 6.07) is 3.60. The topological polar surface area (TPSA) is 42.0 Å². The molecule has 0 spiro atoms. The van der Waals surface area contributed by atoms with Gasteiger partial charge in [-0.3, -0.25) is 9.78 Å². The van der Waals surface area contributed by atoms with Gasteiger partial charge in [0, 0.05) is 12.1 Å². The van der Waals surface area contributed by atoms with Gasteiger partial charge in [-0.05, 0) is 12.1 Å². The van der Waals surface area contributed by atoms with Crippen LogP contribution < -0.4 is 5.32 Å². The number of amides is 1. The Morgan fingerprint density at radius 3 is 2.83 bits per heavy atom. The summed E-state index contributed by atoms with van der Waals surface area (Å²) in [4.78, 5) is 15.1. The molecule has 0 saturated carbocycles. The van der Waals surface area contributed by atoms with Gasteiger partial charge in [0.25, 0.3) is 0 Å². The lowest BCUT2D eigenvalue weighted by Crippen LogP contribution is -2.17. The van der Waals surface area contributed by atoms with Gasteiger partial charge in [0.1, 0.15) is 0 Å². The maximum atomic E-state index is 11.2. The van der Waals surface area contributed by atoms with Gasteiger partial charge in [-0.1, -0.05) is 13.8 Å². The number of pyridine rings is 1. The molecule has 1 N–H and O–H groups in total. The first-order valence-electron chi connectivity index (χ1n) is 3.91. The molecule has 0 radical (unpaired) electrons. The fraction of sp³-hybridized carbons (Fsp3) is 0.333. The molecule has 1 aromatic rings. The molecule has 0 aliphatic rings. The number of anilines is 1. The number of nitrogens with one attached hydrogen (secondary N) is 1. The quantitative estimate of drug-likeness (QED) is 0.722. The molecule has 0 bridgehead atoms. The Kier molecular flexibility index (Phi) is 2.80. The van der Waals surface area contributed by atoms with Gasteiger partial charge >= 0.3 is 0 Å². The van der Waals surface area contributed by atoms with E-state index >= 15 is 0 Å². The molecule has 0 unspecified atom stereocenters. The van der Waals surface area contributed by atoms with Crippen LogP contribution >= 0.6 is 0 Å². The van der Waals surface area contributed by atoms with Crippen LogP contribution in [0.15, 0.2) is 24.5 Å². The third kappa shape index (κ3) is 2.34. The van der Waals surface area contributed by atoms with Crippen LogP contribution in [-0.4, -0.2) is 10.9 Å². The van der Waals surface area contributed by atoms with Crippen molar-refractivity contribution in [1.29, 1.82) is 0 Å². The van der Waals surface area contributed by atoms with Gasteiger partial charge in [-0.25, -0.2) is 0 Å². The second-order valence-electron chi connectivity index (χ2n) is 2.89. The Morgan fingerprint density at radius 2 is 2.33 bits per heavy atom. The van der Waals surface area contributed by atoms with Crippen LogP contribution in [-0.2, 0) is 4.79 Å². The van der Waals surface area contributed by atoms with Crippen molar-refractivity contribution >= 4 is 11.6 Å². The minimum Gasteiger partial charge on any atom is -0.325 e. The highest BCUT2D eigenvalue weighted by molar-refractivity contribution is 5.91. The van der Waals surface area contributed by atoms with E-state index < -0.39 is 0 Å². The first-order chi connectivity index (χ1) is 5.70. The average molecular weight is 164 g/mol. The smallest absolute Gasteiger partial charge is 0.226 e. The summed E-state index contributed by atoms with van der Waals surface area (Å²) in [6.07, 6.45) is 3.30. The van der Waals surface area contributed by atoms with E-state index in [2.05, 4.69) is 10.3 Å². The van der Waals surface area contributed by atoms with Gasteiger partial charge in [0.05, 0.1) is 11.9 Å². The van der Waals surface area contributed by atoms with Gasteiger partial charge < -0.3 is 5.32 Å². The van der Waals surface area contributed by atoms with Crippen molar-refractivity contribution in [2.45, 2.75) is 13.8 Å². The zero-order chi connectivity index (χ0) is 8.97. The lowest BCUT2D eigenvalue weighted by molar-refractivity contribution is -0.118. The number of carbonyl (C=O) groups is 1. The normalized spacial score (nSPS) is 9.92. The third-order valence-electron chi connectivity index (χ3n) is 1.45. The van der Waals surface area contributed by atoms with Crippen molar-refractivity contribution in [2.75, 3.05) is 5.32 Å². The van der Waals surface area contributed by atoms with E-state index in [0.29, 0.717) is 0 Å². The van der Waals surface area contributed by atoms with E-state index in [4.69, 9.17) is 0 Å². The summed E-state index contributed by atoms with van der Waals surface area (Å²) < 4.78 is 0. The summed E-state index contributed by atoms with van der Waals surface area (Å²) in [5, 5.41) is 2.74. The van der Waals surface area contributed by atoms with Crippen molar-refractivity contribution < 1.29 is 4.79 Å². The molecule has 12 heavy (non-hydrogen) atoms. The van der Waals surface area contributed by atoms with Crippen LogP contribution in [0, 0.1) is 5.92 Å². The number of rotatable bonds is 2. The first kappa shape index (κ1) is 8.71. The molecule has 3 heteroatoms. The van der Waals surface area contributed by atoms with Gasteiger partial charge in [-0.2, -0.15) is 0 Å². The van der Waals surface area contributed by atoms with Crippen molar-refractivity contribution in [3.8, 4) is 0 Å². The largest absolute Gasteiger partial charge is 0.325 e. The van der Waals surface area contributed by atoms with E-state index in [9.17, 15) is 4.79 Å². The second kappa shape index (κ2) is 3.85. The minimum absolute atomic E-state index is 0.00482. The van der Waals surface area contributed by atoms with Crippen molar-refractivity contribution in [1.82, 2.24) is 4.98 Å². The molecule has 0 saturated heterocycles. The Morgan fingerprint density at radius 1 is 1.58 bits per heavy atom. The molecule has 0 aromatic carbocycles. The van der Waals surface area contributed by atoms with E-state index in [0.717, 1.165) is 5.69 Å². The monoisotopic (exact) mass is 164 g/mol. The molecule has 1 rings (SSSR count). The maximum absolute atomic E-state index is 11.2. The van der Waals surface area contributed by atoms with Crippen LogP contribution in [0.5, 0.6) is 0 Å². The van der Waals surface area contributed by atoms with Gasteiger partial charge in [0.2, 0.25) is 5.91 Å². The molecule has 1 aromatic heterocycles. The zero-order valence-electron chi connectivity index (χ0n) is 7.24. The Labute approximate surface area is 71.8 Å². The average Bonchev–Trinajstić information content (AvgIpc) is 2.06. The van der Waals surface area contributed by atoms with Crippen LogP contribution in [0.3, 0.4) is 0 Å². The second-order valence-corrected chi connectivity index (χ2v) is 2.89. The highest BCUT2D eigenvalue weighted by Crippen LogP contribution is 2.04. The highest BCUT2D eigenvalue weighted by atomic mass is 16.1. The van der Waals surface area contributed by atoms with E-state index in [1.807, 2.05) is 19.9 Å². The number of hydrogen-bond donors (Lipinski definition) is 1. The molecule has 1 amide bonds. The lowest BCUT2D eigenvalue weighted by atomic mass is 10.2. The van der Waals surface area contributed by atoms with Gasteiger partial charge in [-0.15, -0.1) is 0 Å². The predicted octanol–water partition coefficient (Wildman–Crippen LogP) is 1.68. The molecule has 0 atom stereocenters. The summed E-state index contributed by atoms with van der Waals surface area (Å²) >= 11 is 0. The lowest BCUT2D eigenvalue weighted by Gasteiger charge is -2.05. The molecule has 1 heterocycles. The summed E-state index contributed by atoms with van der Waals surface area (Å²) in [6.45, 7) is 3.71. The molecule has 64 valence electrons. The molecular weight excluding hydrogens is 152 g/mol. The Bertz CT molecular complexity index is 256. The van der Waals surface area contributed by atoms with Crippen molar-refractivity contribution in [3.05, 3.63) is 24.5 Å². The first-order valence-corrected chi connectivity index (χ1v) is 3.91. The molecule has 0 fully saturated rings. The van der Waals surface area contributed by atoms with E-state index in [1.54, 1.807) is 18.5 Å². The predicted molar refractivity (Wildman–Crippen MR) is 47.7 cm³/mol. The number of nitrogens with zero attached hydrogens (tertiary/aromatic N) is 1. The van der Waals surface area contributed by atoms with Crippen LogP contribution in [0.25, 0.3) is 0 Å².